The van der Waals surface area contributed by atoms with E-state index in [9.17, 15) is 9.36 Å². The lowest BCUT2D eigenvalue weighted by Gasteiger charge is -2.13. The van der Waals surface area contributed by atoms with Crippen LogP contribution in [0.5, 0.6) is 0 Å². The van der Waals surface area contributed by atoms with E-state index < -0.39 is 7.60 Å². The lowest BCUT2D eigenvalue weighted by Crippen LogP contribution is -1.97. The van der Waals surface area contributed by atoms with Crippen molar-refractivity contribution in [3.63, 3.8) is 0 Å². The molecule has 460 valence electrons. The van der Waals surface area contributed by atoms with Gasteiger partial charge >= 0.3 is 7.60 Å². The summed E-state index contributed by atoms with van der Waals surface area (Å²) < 4.78 is 25.9. The molecule has 0 atom stereocenters. The molecular weight excluding hydrogens is 1160 g/mol. The van der Waals surface area contributed by atoms with Crippen molar-refractivity contribution in [2.75, 3.05) is 19.4 Å². The molecular formula is C86H77N2O4P. The summed E-state index contributed by atoms with van der Waals surface area (Å²) in [6.07, 6.45) is 5.59. The molecule has 0 amide bonds. The largest absolute Gasteiger partial charge is 0.341 e. The fourth-order valence-electron chi connectivity index (χ4n) is 13.2. The SMILES string of the molecule is C/C=C/c1ccc2c(c1)c1ccccc1n2CC.CCOP(=O)(CC)OCC.CCn1c2ccccc2c2cc(C=O)ccc21.c1ccc(-c2ccc3c4ccccc4c4ccccc4c3c2)cc1.c1ccc(-c2ccc3c4ccccc4c4ccccc4c3c2)cc1. The first-order valence-corrected chi connectivity index (χ1v) is 34.2. The predicted octanol–water partition coefficient (Wildman–Crippen LogP) is 24.4. The van der Waals surface area contributed by atoms with Crippen molar-refractivity contribution in [3.8, 4) is 22.3 Å². The molecule has 2 aromatic heterocycles. The Labute approximate surface area is 545 Å². The van der Waals surface area contributed by atoms with E-state index in [1.54, 1.807) is 20.8 Å². The molecule has 0 bridgehead atoms. The Morgan fingerprint density at radius 3 is 0.968 bits per heavy atom. The van der Waals surface area contributed by atoms with Crippen molar-refractivity contribution in [2.45, 2.75) is 54.6 Å². The number of carbonyl (C=O) groups excluding carboxylic acids is 1. The summed E-state index contributed by atoms with van der Waals surface area (Å²) in [4.78, 5) is 10.9. The molecule has 14 aromatic carbocycles. The molecule has 0 aliphatic rings. The maximum Gasteiger partial charge on any atom is 0.330 e. The number of nitrogens with zero attached hydrogens (tertiary/aromatic N) is 2. The van der Waals surface area contributed by atoms with Crippen LogP contribution in [0.1, 0.15) is 57.5 Å². The number of aldehydes is 1. The zero-order chi connectivity index (χ0) is 64.3. The third-order valence-electron chi connectivity index (χ3n) is 17.5. The van der Waals surface area contributed by atoms with E-state index in [2.05, 4.69) is 291 Å². The lowest BCUT2D eigenvalue weighted by molar-refractivity contribution is 0.112. The van der Waals surface area contributed by atoms with Gasteiger partial charge in [-0.2, -0.15) is 0 Å². The average Bonchev–Trinajstić information content (AvgIpc) is 1.62. The normalized spacial score (nSPS) is 11.5. The molecule has 0 fully saturated rings. The number of rotatable bonds is 11. The van der Waals surface area contributed by atoms with Crippen LogP contribution in [0.15, 0.2) is 285 Å². The Kier molecular flexibility index (Phi) is 19.6. The topological polar surface area (TPSA) is 62.5 Å². The van der Waals surface area contributed by atoms with Crippen LogP contribution in [-0.2, 0) is 26.7 Å². The fraction of sp³-hybridized carbons (Fsp3) is 0.128. The standard InChI is InChI=1S/2C24H16.C17H17N.C15H13NO.C6H15O3P/c2*1-2-8-17(9-3-1)18-14-15-23-21-12-5-4-10-19(21)20-11-6-7-13-22(20)24(23)16-18;1-3-7-13-10-11-17-15(12-13)14-8-5-6-9-16(14)18(17)4-2;1-2-16-14-6-4-3-5-12(14)13-9-11(10-17)7-8-15(13)16;1-4-8-10(7,6-3)9-5-2/h2*1-16H;3,5-12H,4H2,1-2H3;3-10H,2H2,1H3;4-6H2,1-3H3/b;;7-3+;;. The molecule has 6 nitrogen and oxygen atoms in total. The van der Waals surface area contributed by atoms with Crippen molar-refractivity contribution >= 4 is 128 Å². The average molecular weight is 1230 g/mol. The van der Waals surface area contributed by atoms with E-state index in [0.717, 1.165) is 30.3 Å². The van der Waals surface area contributed by atoms with Crippen LogP contribution in [0.3, 0.4) is 0 Å². The maximum absolute atomic E-state index is 11.3. The van der Waals surface area contributed by atoms with Gasteiger partial charge in [-0.25, -0.2) is 0 Å². The van der Waals surface area contributed by atoms with Crippen molar-refractivity contribution in [1.82, 2.24) is 9.13 Å². The summed E-state index contributed by atoms with van der Waals surface area (Å²) in [6.45, 7) is 14.6. The Morgan fingerprint density at radius 2 is 0.624 bits per heavy atom. The first-order chi connectivity index (χ1) is 45.7. The summed E-state index contributed by atoms with van der Waals surface area (Å²) >= 11 is 0. The highest BCUT2D eigenvalue weighted by Crippen LogP contribution is 2.47. The van der Waals surface area contributed by atoms with Gasteiger partial charge in [0.1, 0.15) is 6.29 Å². The van der Waals surface area contributed by atoms with Gasteiger partial charge in [0.15, 0.2) is 0 Å². The van der Waals surface area contributed by atoms with Crippen LogP contribution in [-0.4, -0.2) is 34.8 Å². The highest BCUT2D eigenvalue weighted by molar-refractivity contribution is 7.53. The molecule has 93 heavy (non-hydrogen) atoms. The number of aryl methyl sites for hydroxylation is 2. The molecule has 0 saturated carbocycles. The molecule has 2 heterocycles. The molecule has 0 radical (unpaired) electrons. The second-order valence-corrected chi connectivity index (χ2v) is 25.3. The van der Waals surface area contributed by atoms with Crippen LogP contribution in [0.4, 0.5) is 0 Å². The van der Waals surface area contributed by atoms with Crippen LogP contribution < -0.4 is 0 Å². The second-order valence-electron chi connectivity index (χ2n) is 22.9. The third kappa shape index (κ3) is 13.0. The number of para-hydroxylation sites is 2. The number of allylic oxidation sites excluding steroid dienone is 1. The van der Waals surface area contributed by atoms with Crippen molar-refractivity contribution < 1.29 is 18.4 Å². The zero-order valence-corrected chi connectivity index (χ0v) is 54.7. The van der Waals surface area contributed by atoms with E-state index in [1.807, 2.05) is 30.3 Å². The molecule has 0 N–H and O–H groups in total. The van der Waals surface area contributed by atoms with E-state index in [4.69, 9.17) is 9.05 Å². The van der Waals surface area contributed by atoms with Crippen LogP contribution >= 0.6 is 7.60 Å². The van der Waals surface area contributed by atoms with E-state index >= 15 is 0 Å². The van der Waals surface area contributed by atoms with Crippen LogP contribution in [0.25, 0.3) is 137 Å². The number of hydrogen-bond donors (Lipinski definition) is 0. The number of hydrogen-bond acceptors (Lipinski definition) is 4. The highest BCUT2D eigenvalue weighted by Gasteiger charge is 2.19. The Morgan fingerprint density at radius 1 is 0.312 bits per heavy atom. The minimum absolute atomic E-state index is 0.450. The smallest absolute Gasteiger partial charge is 0.330 e. The first-order valence-electron chi connectivity index (χ1n) is 32.5. The molecule has 16 rings (SSSR count). The summed E-state index contributed by atoms with van der Waals surface area (Å²) in [5, 5.41) is 21.0. The summed E-state index contributed by atoms with van der Waals surface area (Å²) in [7, 11) is -2.70. The minimum Gasteiger partial charge on any atom is -0.341 e. The van der Waals surface area contributed by atoms with Crippen molar-refractivity contribution in [3.05, 3.63) is 296 Å². The fourth-order valence-corrected chi connectivity index (χ4v) is 14.5. The zero-order valence-electron chi connectivity index (χ0n) is 53.8. The number of fused-ring (bicyclic) bond motifs is 18. The molecule has 0 unspecified atom stereocenters. The molecule has 16 aromatic rings. The van der Waals surface area contributed by atoms with Crippen molar-refractivity contribution in [1.29, 1.82) is 0 Å². The van der Waals surface area contributed by atoms with Gasteiger partial charge in [0.2, 0.25) is 0 Å². The van der Waals surface area contributed by atoms with Gasteiger partial charge < -0.3 is 18.2 Å². The summed E-state index contributed by atoms with van der Waals surface area (Å²) in [6, 6.07) is 99.3. The minimum atomic E-state index is -2.70. The van der Waals surface area contributed by atoms with Crippen molar-refractivity contribution in [2.24, 2.45) is 0 Å². The van der Waals surface area contributed by atoms with Crippen LogP contribution in [0.2, 0.25) is 0 Å². The predicted molar refractivity (Wildman–Crippen MR) is 401 cm³/mol. The lowest BCUT2D eigenvalue weighted by atomic mass is 9.92. The van der Waals surface area contributed by atoms with Gasteiger partial charge in [-0.3, -0.25) is 9.36 Å². The number of carbonyl (C=O) groups is 1. The Bertz CT molecular complexity index is 5120. The second kappa shape index (κ2) is 29.0. The molecule has 0 aliphatic carbocycles. The quantitative estimate of drug-likeness (QED) is 0.0735. The van der Waals surface area contributed by atoms with Gasteiger partial charge in [0.05, 0.1) is 13.2 Å². The highest BCUT2D eigenvalue weighted by atomic mass is 31.2. The van der Waals surface area contributed by atoms with Gasteiger partial charge in [0.25, 0.3) is 0 Å². The number of aromatic nitrogens is 2. The molecule has 7 heteroatoms. The summed E-state index contributed by atoms with van der Waals surface area (Å²) in [5.41, 5.74) is 12.1. The van der Waals surface area contributed by atoms with Gasteiger partial charge in [0, 0.05) is 68.4 Å². The van der Waals surface area contributed by atoms with E-state index in [1.165, 1.54) is 131 Å². The van der Waals surface area contributed by atoms with Gasteiger partial charge in [-0.15, -0.1) is 0 Å². The molecule has 0 saturated heterocycles. The number of benzene rings is 14. The maximum atomic E-state index is 11.3. The van der Waals surface area contributed by atoms with Gasteiger partial charge in [-0.05, 0) is 182 Å². The summed E-state index contributed by atoms with van der Waals surface area (Å²) in [5.74, 6) is 0. The Balaban J connectivity index is 0.000000115. The monoisotopic (exact) mass is 1230 g/mol. The van der Waals surface area contributed by atoms with Gasteiger partial charge in [-0.1, -0.05) is 244 Å². The molecule has 0 spiro atoms. The van der Waals surface area contributed by atoms with E-state index in [-0.39, 0.29) is 0 Å². The molecule has 0 aliphatic heterocycles. The third-order valence-corrected chi connectivity index (χ3v) is 19.5. The Hall–Kier alpha value is -10.2. The first kappa shape index (κ1) is 63.0. The van der Waals surface area contributed by atoms with Crippen LogP contribution in [0, 0.1) is 0 Å². The van der Waals surface area contributed by atoms with E-state index in [0.29, 0.717) is 19.4 Å².